The molecule has 0 spiro atoms. The van der Waals surface area contributed by atoms with Crippen molar-refractivity contribution in [2.24, 2.45) is 0 Å². The second-order valence-corrected chi connectivity index (χ2v) is 4.30. The third-order valence-corrected chi connectivity index (χ3v) is 2.60. The number of halogens is 3. The van der Waals surface area contributed by atoms with E-state index >= 15 is 0 Å². The maximum atomic E-state index is 12.8. The van der Waals surface area contributed by atoms with Crippen LogP contribution in [0.15, 0.2) is 22.7 Å². The van der Waals surface area contributed by atoms with Gasteiger partial charge in [0, 0.05) is 16.8 Å². The number of alkyl halides is 1. The van der Waals surface area contributed by atoms with Gasteiger partial charge in [0.2, 0.25) is 5.91 Å². The summed E-state index contributed by atoms with van der Waals surface area (Å²) in [7, 11) is 0. The molecule has 0 aliphatic rings. The first-order valence-electron chi connectivity index (χ1n) is 4.65. The fraction of sp³-hybridized carbons (Fsp3) is 0.200. The van der Waals surface area contributed by atoms with E-state index in [0.29, 0.717) is 10.2 Å². The van der Waals surface area contributed by atoms with Gasteiger partial charge >= 0.3 is 6.03 Å². The van der Waals surface area contributed by atoms with Crippen LogP contribution in [0.25, 0.3) is 0 Å². The molecule has 0 aliphatic carbocycles. The lowest BCUT2D eigenvalue weighted by Gasteiger charge is -2.07. The van der Waals surface area contributed by atoms with Crippen LogP contribution in [0.1, 0.15) is 6.42 Å². The molecule has 7 heteroatoms. The minimum Gasteiger partial charge on any atom is -0.307 e. The van der Waals surface area contributed by atoms with Gasteiger partial charge in [-0.1, -0.05) is 0 Å². The molecule has 0 saturated heterocycles. The number of urea groups is 1. The van der Waals surface area contributed by atoms with Gasteiger partial charge < -0.3 is 5.32 Å². The van der Waals surface area contributed by atoms with E-state index in [1.165, 1.54) is 18.2 Å². The van der Waals surface area contributed by atoms with E-state index in [0.717, 1.165) is 0 Å². The zero-order valence-electron chi connectivity index (χ0n) is 8.60. The van der Waals surface area contributed by atoms with Crippen molar-refractivity contribution < 1.29 is 14.0 Å². The number of hydrogen-bond donors (Lipinski definition) is 2. The molecule has 0 atom stereocenters. The van der Waals surface area contributed by atoms with E-state index in [1.54, 1.807) is 0 Å². The van der Waals surface area contributed by atoms with Crippen LogP contribution >= 0.6 is 27.5 Å². The van der Waals surface area contributed by atoms with Crippen molar-refractivity contribution in [3.63, 3.8) is 0 Å². The number of hydrogen-bond acceptors (Lipinski definition) is 2. The zero-order chi connectivity index (χ0) is 12.8. The van der Waals surface area contributed by atoms with E-state index in [9.17, 15) is 14.0 Å². The van der Waals surface area contributed by atoms with Gasteiger partial charge in [-0.25, -0.2) is 9.18 Å². The van der Waals surface area contributed by atoms with Gasteiger partial charge in [0.15, 0.2) is 0 Å². The maximum Gasteiger partial charge on any atom is 0.325 e. The van der Waals surface area contributed by atoms with Crippen LogP contribution in [0.4, 0.5) is 14.9 Å². The summed E-state index contributed by atoms with van der Waals surface area (Å²) in [6.07, 6.45) is 0.0551. The lowest BCUT2D eigenvalue weighted by molar-refractivity contribution is -0.119. The predicted molar refractivity (Wildman–Crippen MR) is 66.6 cm³/mol. The average Bonchev–Trinajstić information content (AvgIpc) is 2.22. The van der Waals surface area contributed by atoms with E-state index in [1.807, 2.05) is 0 Å². The molecule has 0 radical (unpaired) electrons. The van der Waals surface area contributed by atoms with Crippen molar-refractivity contribution in [1.82, 2.24) is 5.32 Å². The van der Waals surface area contributed by atoms with Gasteiger partial charge in [-0.3, -0.25) is 10.1 Å². The topological polar surface area (TPSA) is 58.2 Å². The first-order valence-corrected chi connectivity index (χ1v) is 5.97. The Balaban J connectivity index is 2.59. The molecule has 0 aliphatic heterocycles. The van der Waals surface area contributed by atoms with Crippen molar-refractivity contribution in [3.05, 3.63) is 28.5 Å². The third kappa shape index (κ3) is 4.70. The molecule has 4 nitrogen and oxygen atoms in total. The normalized spacial score (nSPS) is 9.82. The molecule has 1 aromatic carbocycles. The molecule has 1 rings (SSSR count). The highest BCUT2D eigenvalue weighted by molar-refractivity contribution is 9.10. The zero-order valence-corrected chi connectivity index (χ0v) is 10.9. The molecule has 92 valence electrons. The summed E-state index contributed by atoms with van der Waals surface area (Å²) >= 11 is 8.42. The molecule has 3 amide bonds. The lowest BCUT2D eigenvalue weighted by Crippen LogP contribution is -2.34. The molecule has 0 heterocycles. The highest BCUT2D eigenvalue weighted by atomic mass is 79.9. The maximum absolute atomic E-state index is 12.8. The third-order valence-electron chi connectivity index (χ3n) is 1.75. The molecule has 0 aromatic heterocycles. The van der Waals surface area contributed by atoms with Gasteiger partial charge in [0.05, 0.1) is 5.69 Å². The largest absolute Gasteiger partial charge is 0.325 e. The second-order valence-electron chi connectivity index (χ2n) is 3.07. The van der Waals surface area contributed by atoms with E-state index < -0.39 is 17.8 Å². The molecule has 1 aromatic rings. The fourth-order valence-corrected chi connectivity index (χ4v) is 1.64. The van der Waals surface area contributed by atoms with Gasteiger partial charge in [-0.15, -0.1) is 11.6 Å². The summed E-state index contributed by atoms with van der Waals surface area (Å²) in [6, 6.07) is 3.09. The summed E-state index contributed by atoms with van der Waals surface area (Å²) in [6.45, 7) is 0. The Labute approximate surface area is 111 Å². The highest BCUT2D eigenvalue weighted by Crippen LogP contribution is 2.22. The molecule has 0 fully saturated rings. The molecule has 0 unspecified atom stereocenters. The number of rotatable bonds is 3. The van der Waals surface area contributed by atoms with Crippen LogP contribution < -0.4 is 10.6 Å². The first-order chi connectivity index (χ1) is 8.02. The van der Waals surface area contributed by atoms with Crippen LogP contribution in [-0.4, -0.2) is 17.8 Å². The molecule has 2 N–H and O–H groups in total. The summed E-state index contributed by atoms with van der Waals surface area (Å²) in [5, 5.41) is 4.48. The van der Waals surface area contributed by atoms with E-state index in [-0.39, 0.29) is 12.3 Å². The van der Waals surface area contributed by atoms with Crippen LogP contribution in [0, 0.1) is 5.82 Å². The van der Waals surface area contributed by atoms with Crippen molar-refractivity contribution in [3.8, 4) is 0 Å². The van der Waals surface area contributed by atoms with Gasteiger partial charge in [-0.2, -0.15) is 0 Å². The Bertz CT molecular complexity index is 442. The molecular weight excluding hydrogens is 314 g/mol. The SMILES string of the molecule is O=C(CCCl)NC(=O)Nc1ccc(F)cc1Br. The molecular formula is C10H9BrClFN2O2. The fourth-order valence-electron chi connectivity index (χ4n) is 1.02. The number of anilines is 1. The number of carbonyl (C=O) groups excluding carboxylic acids is 2. The van der Waals surface area contributed by atoms with E-state index in [4.69, 9.17) is 11.6 Å². The Morgan fingerprint density at radius 3 is 2.71 bits per heavy atom. The Kier molecular flexibility index (Phi) is 5.37. The average molecular weight is 324 g/mol. The smallest absolute Gasteiger partial charge is 0.307 e. The predicted octanol–water partition coefficient (Wildman–Crippen LogP) is 2.87. The highest BCUT2D eigenvalue weighted by Gasteiger charge is 2.09. The number of nitrogens with one attached hydrogen (secondary N) is 2. The summed E-state index contributed by atoms with van der Waals surface area (Å²) in [4.78, 5) is 22.4. The van der Waals surface area contributed by atoms with Gasteiger partial charge in [-0.05, 0) is 34.1 Å². The lowest BCUT2D eigenvalue weighted by atomic mass is 10.3. The van der Waals surface area contributed by atoms with Crippen molar-refractivity contribution in [1.29, 1.82) is 0 Å². The van der Waals surface area contributed by atoms with Crippen molar-refractivity contribution >= 4 is 45.2 Å². The molecule has 0 bridgehead atoms. The Morgan fingerprint density at radius 2 is 2.12 bits per heavy atom. The molecule has 17 heavy (non-hydrogen) atoms. The minimum atomic E-state index is -0.688. The van der Waals surface area contributed by atoms with Gasteiger partial charge in [0.1, 0.15) is 5.82 Å². The Hall–Kier alpha value is -1.14. The molecule has 0 saturated carbocycles. The second kappa shape index (κ2) is 6.56. The summed E-state index contributed by atoms with van der Waals surface area (Å²) in [5.74, 6) is -0.768. The standard InChI is InChI=1S/C10H9BrClFN2O2/c11-7-5-6(13)1-2-8(7)14-10(17)15-9(16)3-4-12/h1-2,5H,3-4H2,(H2,14,15,16,17). The first kappa shape index (κ1) is 13.9. The number of amides is 3. The van der Waals surface area contributed by atoms with Crippen LogP contribution in [-0.2, 0) is 4.79 Å². The summed E-state index contributed by atoms with van der Waals surface area (Å²) in [5.41, 5.74) is 0.363. The quantitative estimate of drug-likeness (QED) is 0.840. The van der Waals surface area contributed by atoms with Crippen molar-refractivity contribution in [2.75, 3.05) is 11.2 Å². The monoisotopic (exact) mass is 322 g/mol. The number of benzene rings is 1. The van der Waals surface area contributed by atoms with Crippen LogP contribution in [0.5, 0.6) is 0 Å². The summed E-state index contributed by atoms with van der Waals surface area (Å²) < 4.78 is 13.2. The number of imide groups is 1. The van der Waals surface area contributed by atoms with Gasteiger partial charge in [0.25, 0.3) is 0 Å². The van der Waals surface area contributed by atoms with Crippen LogP contribution in [0.2, 0.25) is 0 Å². The number of carbonyl (C=O) groups is 2. The Morgan fingerprint density at radius 1 is 1.41 bits per heavy atom. The van der Waals surface area contributed by atoms with Crippen LogP contribution in [0.3, 0.4) is 0 Å². The minimum absolute atomic E-state index is 0.0551. The van der Waals surface area contributed by atoms with E-state index in [2.05, 4.69) is 26.6 Å². The van der Waals surface area contributed by atoms with Crippen molar-refractivity contribution in [2.45, 2.75) is 6.42 Å².